The Hall–Kier alpha value is -1.59. The van der Waals surface area contributed by atoms with Crippen molar-refractivity contribution in [2.24, 2.45) is 5.73 Å². The van der Waals surface area contributed by atoms with Gasteiger partial charge in [0.15, 0.2) is 11.5 Å². The van der Waals surface area contributed by atoms with Crippen LogP contribution in [-0.2, 0) is 4.79 Å². The molecule has 0 radical (unpaired) electrons. The first-order valence-corrected chi connectivity index (χ1v) is 4.15. The third-order valence-corrected chi connectivity index (χ3v) is 1.88. The maximum atomic E-state index is 11.1. The summed E-state index contributed by atoms with van der Waals surface area (Å²) in [4.78, 5) is 11.1. The Morgan fingerprint density at radius 2 is 2.07 bits per heavy atom. The number of ketones is 1. The second-order valence-corrected chi connectivity index (χ2v) is 3.02. The van der Waals surface area contributed by atoms with Crippen LogP contribution in [0.4, 0.5) is 0 Å². The third kappa shape index (κ3) is 2.45. The molecule has 2 atom stereocenters. The van der Waals surface area contributed by atoms with Crippen LogP contribution in [0.15, 0.2) is 18.2 Å². The molecule has 82 valence electrons. The van der Waals surface area contributed by atoms with Crippen molar-refractivity contribution in [2.45, 2.75) is 19.0 Å². The first-order chi connectivity index (χ1) is 7.60. The predicted molar refractivity (Wildman–Crippen MR) is 53.4 cm³/mol. The van der Waals surface area contributed by atoms with E-state index in [4.69, 9.17) is 13.6 Å². The molecule has 0 bridgehead atoms. The van der Waals surface area contributed by atoms with Gasteiger partial charge in [0.1, 0.15) is 11.9 Å². The molecule has 0 spiro atoms. The van der Waals surface area contributed by atoms with Crippen molar-refractivity contribution in [3.05, 3.63) is 23.8 Å². The monoisotopic (exact) mass is 213 g/mol. The van der Waals surface area contributed by atoms with Crippen molar-refractivity contribution in [1.29, 1.82) is 0 Å². The normalized spacial score (nSPS) is 20.7. The van der Waals surface area contributed by atoms with Crippen LogP contribution in [0.25, 0.3) is 0 Å². The summed E-state index contributed by atoms with van der Waals surface area (Å²) in [7, 11) is 0. The van der Waals surface area contributed by atoms with Crippen LogP contribution in [0.5, 0.6) is 11.5 Å². The molecule has 5 nitrogen and oxygen atoms in total. The summed E-state index contributed by atoms with van der Waals surface area (Å²) in [6, 6.07) is 0.430. The topological polar surface area (TPSA) is 104 Å². The summed E-state index contributed by atoms with van der Waals surface area (Å²) in [5.74, 6) is -1.92. The lowest BCUT2D eigenvalue weighted by molar-refractivity contribution is -0.120. The maximum Gasteiger partial charge on any atom is 0.157 e. The molecule has 0 aliphatic rings. The van der Waals surface area contributed by atoms with Gasteiger partial charge in [-0.15, -0.1) is 0 Å². The Morgan fingerprint density at radius 1 is 1.47 bits per heavy atom. The Labute approximate surface area is 89.6 Å². The number of hydrogen-bond acceptors (Lipinski definition) is 5. The van der Waals surface area contributed by atoms with Gasteiger partial charge in [0, 0.05) is 0 Å². The Morgan fingerprint density at radius 3 is 2.53 bits per heavy atom. The Balaban J connectivity index is 3.30. The lowest BCUT2D eigenvalue weighted by atomic mass is 10.00. The number of hydrogen-bond donors (Lipinski definition) is 4. The molecule has 5 N–H and O–H groups in total. The van der Waals surface area contributed by atoms with Crippen LogP contribution in [0.1, 0.15) is 21.3 Å². The van der Waals surface area contributed by atoms with Crippen LogP contribution >= 0.6 is 0 Å². The van der Waals surface area contributed by atoms with Crippen LogP contribution in [0.2, 0.25) is 0 Å². The van der Waals surface area contributed by atoms with E-state index in [1.54, 1.807) is 0 Å². The zero-order chi connectivity index (χ0) is 13.4. The Kier molecular flexibility index (Phi) is 2.49. The highest BCUT2D eigenvalue weighted by Crippen LogP contribution is 2.28. The fourth-order valence-electron chi connectivity index (χ4n) is 0.993. The molecule has 0 unspecified atom stereocenters. The third-order valence-electron chi connectivity index (χ3n) is 1.88. The zero-order valence-corrected chi connectivity index (χ0v) is 8.06. The number of rotatable bonds is 3. The van der Waals surface area contributed by atoms with E-state index < -0.39 is 29.4 Å². The number of benzene rings is 1. The number of phenolic OH excluding ortho intramolecular Hbond substituents is 2. The molecule has 1 aromatic carbocycles. The van der Waals surface area contributed by atoms with Crippen molar-refractivity contribution >= 4 is 5.78 Å². The molecule has 5 heteroatoms. The molecule has 1 rings (SSSR count). The van der Waals surface area contributed by atoms with Crippen molar-refractivity contribution in [2.75, 3.05) is 0 Å². The van der Waals surface area contributed by atoms with Crippen molar-refractivity contribution in [3.63, 3.8) is 0 Å². The highest BCUT2D eigenvalue weighted by atomic mass is 16.3. The highest BCUT2D eigenvalue weighted by molar-refractivity contribution is 5.82. The molecular formula is C10H13NO4. The van der Waals surface area contributed by atoms with Gasteiger partial charge in [-0.05, 0) is 24.6 Å². The van der Waals surface area contributed by atoms with E-state index in [9.17, 15) is 15.0 Å². The molecule has 0 aliphatic heterocycles. The number of nitrogens with two attached hydrogens (primary N) is 1. The van der Waals surface area contributed by atoms with E-state index in [2.05, 4.69) is 0 Å². The van der Waals surface area contributed by atoms with Gasteiger partial charge in [0.25, 0.3) is 0 Å². The molecule has 0 saturated carbocycles. The van der Waals surface area contributed by atoms with Gasteiger partial charge in [0.05, 0.1) is 8.76 Å². The van der Waals surface area contributed by atoms with E-state index in [1.807, 2.05) is 0 Å². The number of aromatic hydroxyl groups is 2. The molecular weight excluding hydrogens is 198 g/mol. The SMILES string of the molecule is [2H][C@](N)(C(C)=O)[C@]([2H])(O)c1ccc(O)c(O)c1. The molecule has 0 aromatic heterocycles. The van der Waals surface area contributed by atoms with Gasteiger partial charge in [-0.1, -0.05) is 6.07 Å². The standard InChI is InChI=1S/C10H13NO4/c1-5(12)9(11)10(15)6-2-3-7(13)8(14)4-6/h2-4,9-10,13-15H,11H2,1H3/t9-,10+/m0/s1/i9D,10D. The summed E-state index contributed by atoms with van der Waals surface area (Å²) in [5.41, 5.74) is 5.03. The van der Waals surface area contributed by atoms with Gasteiger partial charge >= 0.3 is 0 Å². The van der Waals surface area contributed by atoms with Crippen molar-refractivity contribution < 1.29 is 22.9 Å². The van der Waals surface area contributed by atoms with Gasteiger partial charge < -0.3 is 21.1 Å². The largest absolute Gasteiger partial charge is 0.504 e. The molecule has 0 heterocycles. The molecule has 0 aliphatic carbocycles. The summed E-state index contributed by atoms with van der Waals surface area (Å²) in [6.45, 7) is 0.979. The van der Waals surface area contributed by atoms with Gasteiger partial charge in [-0.3, -0.25) is 4.79 Å². The van der Waals surface area contributed by atoms with Crippen LogP contribution in [-0.4, -0.2) is 27.1 Å². The average molecular weight is 213 g/mol. The fraction of sp³-hybridized carbons (Fsp3) is 0.300. The number of carbonyl (C=O) groups excluding carboxylic acids is 1. The van der Waals surface area contributed by atoms with Crippen molar-refractivity contribution in [1.82, 2.24) is 0 Å². The molecule has 15 heavy (non-hydrogen) atoms. The van der Waals surface area contributed by atoms with E-state index in [-0.39, 0.29) is 5.56 Å². The maximum absolute atomic E-state index is 11.1. The minimum Gasteiger partial charge on any atom is -0.504 e. The van der Waals surface area contributed by atoms with Gasteiger partial charge in [-0.25, -0.2) is 0 Å². The van der Waals surface area contributed by atoms with Gasteiger partial charge in [-0.2, -0.15) is 0 Å². The van der Waals surface area contributed by atoms with Gasteiger partial charge in [0.2, 0.25) is 0 Å². The lowest BCUT2D eigenvalue weighted by Gasteiger charge is -2.16. The molecule has 1 aromatic rings. The van der Waals surface area contributed by atoms with E-state index in [1.165, 1.54) is 0 Å². The fourth-order valence-corrected chi connectivity index (χ4v) is 0.993. The minimum atomic E-state index is -2.73. The predicted octanol–water partition coefficient (Wildman–Crippen LogP) is 0.0475. The quantitative estimate of drug-likeness (QED) is 0.531. The first-order valence-electron chi connectivity index (χ1n) is 5.15. The number of aliphatic hydroxyl groups is 1. The number of phenols is 2. The average Bonchev–Trinajstić information content (AvgIpc) is 2.21. The van der Waals surface area contributed by atoms with Crippen LogP contribution in [0.3, 0.4) is 0 Å². The second-order valence-electron chi connectivity index (χ2n) is 3.02. The summed E-state index contributed by atoms with van der Waals surface area (Å²) >= 11 is 0. The highest BCUT2D eigenvalue weighted by Gasteiger charge is 2.21. The molecule has 0 amide bonds. The molecule has 0 fully saturated rings. The first kappa shape index (κ1) is 8.70. The van der Waals surface area contributed by atoms with Crippen molar-refractivity contribution in [3.8, 4) is 11.5 Å². The summed E-state index contributed by atoms with van der Waals surface area (Å²) < 4.78 is 15.1. The number of Topliss-reactive ketones (excluding diaryl/α,β-unsaturated/α-hetero) is 1. The minimum absolute atomic E-state index is 0.263. The number of carbonyl (C=O) groups is 1. The second kappa shape index (κ2) is 4.29. The summed E-state index contributed by atoms with van der Waals surface area (Å²) in [6.07, 6.45) is -2.73. The zero-order valence-electron chi connectivity index (χ0n) is 10.1. The van der Waals surface area contributed by atoms with Crippen LogP contribution in [0, 0.1) is 0 Å². The van der Waals surface area contributed by atoms with E-state index in [0.29, 0.717) is 0 Å². The Bertz CT molecular complexity index is 460. The molecule has 0 saturated heterocycles. The summed E-state index contributed by atoms with van der Waals surface area (Å²) in [5, 5.41) is 28.2. The van der Waals surface area contributed by atoms with E-state index >= 15 is 0 Å². The van der Waals surface area contributed by atoms with E-state index in [0.717, 1.165) is 25.1 Å². The van der Waals surface area contributed by atoms with Crippen LogP contribution < -0.4 is 5.73 Å². The smallest absolute Gasteiger partial charge is 0.157 e. The lowest BCUT2D eigenvalue weighted by Crippen LogP contribution is -2.35.